The van der Waals surface area contributed by atoms with E-state index in [1.807, 2.05) is 0 Å². The Morgan fingerprint density at radius 2 is 0.905 bits per heavy atom. The van der Waals surface area contributed by atoms with E-state index < -0.39 is 0 Å². The van der Waals surface area contributed by atoms with Crippen LogP contribution in [0.2, 0.25) is 0 Å². The number of carbonyl (C=O) groups excluding carboxylic acids is 1. The van der Waals surface area contributed by atoms with Crippen LogP contribution in [0.3, 0.4) is 0 Å². The van der Waals surface area contributed by atoms with E-state index in [1.165, 1.54) is 83.5 Å². The van der Waals surface area contributed by atoms with E-state index in [2.05, 4.69) is 6.92 Å². The van der Waals surface area contributed by atoms with Crippen molar-refractivity contribution in [2.24, 2.45) is 0 Å². The maximum absolute atomic E-state index is 10.5. The molecule has 0 bridgehead atoms. The summed E-state index contributed by atoms with van der Waals surface area (Å²) < 4.78 is 0. The fraction of sp³-hybridized carbons (Fsp3) is 0.944. The lowest BCUT2D eigenvalue weighted by molar-refractivity contribution is -0.111. The first-order valence-corrected chi connectivity index (χ1v) is 9.33. The standard InChI is InChI=1S/C18H35ClO.BrH/c1-2-3-4-5-6-7-8-9-10-11-12-13-14-15-16-17-18(19)20;/h2-17H2,1H3;1H/p-1. The van der Waals surface area contributed by atoms with Crippen LogP contribution >= 0.6 is 11.6 Å². The third-order valence-electron chi connectivity index (χ3n) is 3.98. The van der Waals surface area contributed by atoms with Crippen molar-refractivity contribution < 1.29 is 21.8 Å². The van der Waals surface area contributed by atoms with Crippen LogP contribution in [0, 0.1) is 0 Å². The van der Waals surface area contributed by atoms with E-state index in [4.69, 9.17) is 11.6 Å². The van der Waals surface area contributed by atoms with Gasteiger partial charge in [-0.05, 0) is 18.0 Å². The van der Waals surface area contributed by atoms with Crippen molar-refractivity contribution in [1.82, 2.24) is 0 Å². The predicted molar refractivity (Wildman–Crippen MR) is 90.4 cm³/mol. The minimum Gasteiger partial charge on any atom is -1.00 e. The number of unbranched alkanes of at least 4 members (excludes halogenated alkanes) is 14. The van der Waals surface area contributed by atoms with E-state index >= 15 is 0 Å². The zero-order chi connectivity index (χ0) is 14.9. The van der Waals surface area contributed by atoms with Crippen molar-refractivity contribution in [2.75, 3.05) is 0 Å². The molecule has 0 fully saturated rings. The zero-order valence-electron chi connectivity index (χ0n) is 14.0. The molecule has 0 amide bonds. The Hall–Kier alpha value is 0.440. The van der Waals surface area contributed by atoms with Crippen molar-refractivity contribution in [2.45, 2.75) is 110 Å². The Morgan fingerprint density at radius 3 is 1.19 bits per heavy atom. The fourth-order valence-electron chi connectivity index (χ4n) is 2.64. The van der Waals surface area contributed by atoms with E-state index in [9.17, 15) is 4.79 Å². The highest BCUT2D eigenvalue weighted by Crippen LogP contribution is 2.13. The van der Waals surface area contributed by atoms with Gasteiger partial charge in [-0.25, -0.2) is 0 Å². The molecule has 0 saturated heterocycles. The zero-order valence-corrected chi connectivity index (χ0v) is 16.3. The minimum atomic E-state index is -0.181. The molecule has 0 aromatic rings. The van der Waals surface area contributed by atoms with Gasteiger partial charge in [0.1, 0.15) is 0 Å². The Bertz CT molecular complexity index is 209. The van der Waals surface area contributed by atoms with E-state index in [0.29, 0.717) is 6.42 Å². The lowest BCUT2D eigenvalue weighted by atomic mass is 10.0. The second-order valence-electron chi connectivity index (χ2n) is 6.05. The molecule has 0 aromatic carbocycles. The van der Waals surface area contributed by atoms with Gasteiger partial charge in [0.2, 0.25) is 5.24 Å². The molecule has 0 aliphatic rings. The fourth-order valence-corrected chi connectivity index (χ4v) is 2.77. The first-order chi connectivity index (χ1) is 9.77. The van der Waals surface area contributed by atoms with E-state index in [1.54, 1.807) is 0 Å². The van der Waals surface area contributed by atoms with Crippen molar-refractivity contribution in [3.05, 3.63) is 0 Å². The second kappa shape index (κ2) is 20.4. The summed E-state index contributed by atoms with van der Waals surface area (Å²) in [7, 11) is 0. The van der Waals surface area contributed by atoms with Gasteiger partial charge in [0.15, 0.2) is 0 Å². The summed E-state index contributed by atoms with van der Waals surface area (Å²) in [6, 6.07) is 0. The predicted octanol–water partition coefficient (Wildman–Crippen LogP) is 4.02. The van der Waals surface area contributed by atoms with Gasteiger partial charge in [0.25, 0.3) is 0 Å². The highest BCUT2D eigenvalue weighted by atomic mass is 79.9. The lowest BCUT2D eigenvalue weighted by Gasteiger charge is -2.03. The summed E-state index contributed by atoms with van der Waals surface area (Å²) in [6.07, 6.45) is 20.8. The number of rotatable bonds is 16. The van der Waals surface area contributed by atoms with Crippen LogP contribution in [0.1, 0.15) is 110 Å². The molecule has 0 aliphatic carbocycles. The third-order valence-corrected chi connectivity index (χ3v) is 4.17. The van der Waals surface area contributed by atoms with Crippen LogP contribution in [0.4, 0.5) is 0 Å². The first kappa shape index (κ1) is 23.7. The molecule has 0 heterocycles. The second-order valence-corrected chi connectivity index (χ2v) is 6.48. The van der Waals surface area contributed by atoms with Crippen molar-refractivity contribution in [1.29, 1.82) is 0 Å². The Kier molecular flexibility index (Phi) is 23.1. The molecule has 128 valence electrons. The van der Waals surface area contributed by atoms with Gasteiger partial charge in [-0.3, -0.25) is 4.79 Å². The van der Waals surface area contributed by atoms with Gasteiger partial charge in [-0.1, -0.05) is 96.8 Å². The molecule has 0 N–H and O–H groups in total. The van der Waals surface area contributed by atoms with Crippen LogP contribution in [0.5, 0.6) is 0 Å². The van der Waals surface area contributed by atoms with Gasteiger partial charge >= 0.3 is 0 Å². The smallest absolute Gasteiger partial charge is 0.221 e. The highest BCUT2D eigenvalue weighted by Gasteiger charge is 1.96. The average molecular weight is 383 g/mol. The van der Waals surface area contributed by atoms with Gasteiger partial charge in [-0.15, -0.1) is 0 Å². The molecule has 0 spiro atoms. The van der Waals surface area contributed by atoms with Gasteiger partial charge in [0, 0.05) is 6.42 Å². The van der Waals surface area contributed by atoms with Gasteiger partial charge in [0.05, 0.1) is 0 Å². The normalized spacial score (nSPS) is 10.4. The summed E-state index contributed by atoms with van der Waals surface area (Å²) >= 11 is 5.30. The molecule has 1 nitrogen and oxygen atoms in total. The number of carbonyl (C=O) groups is 1. The Morgan fingerprint density at radius 1 is 0.619 bits per heavy atom. The number of halogens is 2. The summed E-state index contributed by atoms with van der Waals surface area (Å²) in [4.78, 5) is 10.5. The highest BCUT2D eigenvalue weighted by molar-refractivity contribution is 6.63. The van der Waals surface area contributed by atoms with Crippen LogP contribution in [0.25, 0.3) is 0 Å². The summed E-state index contributed by atoms with van der Waals surface area (Å²) in [6.45, 7) is 2.28. The molecule has 0 aliphatic heterocycles. The van der Waals surface area contributed by atoms with Crippen LogP contribution < -0.4 is 17.0 Å². The Balaban J connectivity index is 0. The summed E-state index contributed by atoms with van der Waals surface area (Å²) in [5, 5.41) is -0.181. The largest absolute Gasteiger partial charge is 1.00 e. The monoisotopic (exact) mass is 381 g/mol. The maximum Gasteiger partial charge on any atom is 0.221 e. The molecule has 0 atom stereocenters. The molecule has 0 unspecified atom stereocenters. The molecular weight excluding hydrogens is 348 g/mol. The van der Waals surface area contributed by atoms with Gasteiger partial charge in [-0.2, -0.15) is 0 Å². The van der Waals surface area contributed by atoms with Crippen LogP contribution in [-0.2, 0) is 4.79 Å². The molecule has 21 heavy (non-hydrogen) atoms. The lowest BCUT2D eigenvalue weighted by Crippen LogP contribution is -3.00. The van der Waals surface area contributed by atoms with Crippen molar-refractivity contribution in [3.63, 3.8) is 0 Å². The summed E-state index contributed by atoms with van der Waals surface area (Å²) in [5.74, 6) is 0. The van der Waals surface area contributed by atoms with Gasteiger partial charge < -0.3 is 17.0 Å². The molecule has 0 aromatic heterocycles. The molecule has 0 radical (unpaired) electrons. The maximum atomic E-state index is 10.5. The van der Waals surface area contributed by atoms with Crippen LogP contribution in [-0.4, -0.2) is 5.24 Å². The minimum absolute atomic E-state index is 0. The molecule has 0 rings (SSSR count). The Labute approximate surface area is 148 Å². The number of hydrogen-bond donors (Lipinski definition) is 0. The molecular formula is C18H35BrClO-. The molecule has 3 heteroatoms. The van der Waals surface area contributed by atoms with E-state index in [-0.39, 0.29) is 22.2 Å². The average Bonchev–Trinajstić information content (AvgIpc) is 2.43. The van der Waals surface area contributed by atoms with Crippen LogP contribution in [0.15, 0.2) is 0 Å². The first-order valence-electron chi connectivity index (χ1n) is 8.95. The van der Waals surface area contributed by atoms with Crippen molar-refractivity contribution >= 4 is 16.8 Å². The van der Waals surface area contributed by atoms with Crippen molar-refractivity contribution in [3.8, 4) is 0 Å². The SMILES string of the molecule is CCCCCCCCCCCCCCCCCC(=O)Cl.[Br-]. The third kappa shape index (κ3) is 22.9. The summed E-state index contributed by atoms with van der Waals surface area (Å²) in [5.41, 5.74) is 0. The topological polar surface area (TPSA) is 17.1 Å². The van der Waals surface area contributed by atoms with E-state index in [0.717, 1.165) is 12.8 Å². The molecule has 0 saturated carbocycles. The quantitative estimate of drug-likeness (QED) is 0.291. The number of hydrogen-bond acceptors (Lipinski definition) is 1.